The Morgan fingerprint density at radius 3 is 2.27 bits per heavy atom. The number of nitrogens with one attached hydrogen (secondary N) is 1. The highest BCUT2D eigenvalue weighted by Gasteiger charge is 2.14. The van der Waals surface area contributed by atoms with Crippen molar-refractivity contribution in [3.8, 4) is 0 Å². The Bertz CT molecular complexity index is 504. The number of benzene rings is 1. The van der Waals surface area contributed by atoms with Gasteiger partial charge in [0.25, 0.3) is 5.91 Å². The van der Waals surface area contributed by atoms with Crippen LogP contribution in [0.5, 0.6) is 0 Å². The van der Waals surface area contributed by atoms with Gasteiger partial charge in [0.1, 0.15) is 0 Å². The number of carbonyl (C=O) groups excluding carboxylic acids is 2. The monoisotopic (exact) mass is 306 g/mol. The van der Waals surface area contributed by atoms with Crippen molar-refractivity contribution in [2.75, 3.05) is 26.7 Å². The Kier molecular flexibility index (Phi) is 6.56. The molecule has 0 fully saturated rings. The minimum Gasteiger partial charge on any atom is -0.395 e. The van der Waals surface area contributed by atoms with Crippen LogP contribution in [0, 0.1) is 0 Å². The van der Waals surface area contributed by atoms with Crippen LogP contribution in [-0.2, 0) is 10.2 Å². The highest BCUT2D eigenvalue weighted by Crippen LogP contribution is 2.22. The van der Waals surface area contributed by atoms with Crippen LogP contribution in [0.3, 0.4) is 0 Å². The fraction of sp³-hybridized carbons (Fsp3) is 0.529. The summed E-state index contributed by atoms with van der Waals surface area (Å²) < 4.78 is 0. The standard InChI is InChI=1S/C17H26N2O3/c1-17(2,3)14-7-5-13(6-8-14)16(22)18-10-9-15(21)19(4)11-12-20/h5-8,20H,9-12H2,1-4H3,(H,18,22). The predicted octanol–water partition coefficient (Wildman–Crippen LogP) is 1.55. The maximum Gasteiger partial charge on any atom is 0.251 e. The second-order valence-corrected chi connectivity index (χ2v) is 6.37. The molecule has 5 nitrogen and oxygen atoms in total. The van der Waals surface area contributed by atoms with Crippen LogP contribution in [0.2, 0.25) is 0 Å². The molecule has 1 rings (SSSR count). The lowest BCUT2D eigenvalue weighted by Gasteiger charge is -2.19. The molecule has 1 aromatic rings. The Balaban J connectivity index is 2.48. The van der Waals surface area contributed by atoms with E-state index in [0.717, 1.165) is 0 Å². The number of nitrogens with zero attached hydrogens (tertiary/aromatic N) is 1. The molecular weight excluding hydrogens is 280 g/mol. The van der Waals surface area contributed by atoms with Crippen molar-refractivity contribution < 1.29 is 14.7 Å². The lowest BCUT2D eigenvalue weighted by atomic mass is 9.87. The number of hydrogen-bond donors (Lipinski definition) is 2. The maximum absolute atomic E-state index is 12.0. The molecule has 0 radical (unpaired) electrons. The van der Waals surface area contributed by atoms with E-state index in [1.165, 1.54) is 10.5 Å². The van der Waals surface area contributed by atoms with Gasteiger partial charge in [-0.2, -0.15) is 0 Å². The molecule has 0 unspecified atom stereocenters. The van der Waals surface area contributed by atoms with Gasteiger partial charge in [0.05, 0.1) is 6.61 Å². The number of aliphatic hydroxyl groups is 1. The van der Waals surface area contributed by atoms with Gasteiger partial charge in [0, 0.05) is 32.1 Å². The average molecular weight is 306 g/mol. The fourth-order valence-electron chi connectivity index (χ4n) is 1.97. The van der Waals surface area contributed by atoms with Crippen LogP contribution in [-0.4, -0.2) is 48.6 Å². The molecule has 0 heterocycles. The first-order chi connectivity index (χ1) is 10.3. The van der Waals surface area contributed by atoms with Gasteiger partial charge in [-0.05, 0) is 23.1 Å². The van der Waals surface area contributed by atoms with E-state index in [1.807, 2.05) is 12.1 Å². The first kappa shape index (κ1) is 18.2. The molecule has 0 spiro atoms. The zero-order valence-electron chi connectivity index (χ0n) is 13.8. The Labute approximate surface area is 132 Å². The lowest BCUT2D eigenvalue weighted by molar-refractivity contribution is -0.130. The Hall–Kier alpha value is -1.88. The van der Waals surface area contributed by atoms with Crippen molar-refractivity contribution in [1.82, 2.24) is 10.2 Å². The van der Waals surface area contributed by atoms with Crippen molar-refractivity contribution in [3.05, 3.63) is 35.4 Å². The maximum atomic E-state index is 12.0. The first-order valence-electron chi connectivity index (χ1n) is 7.49. The van der Waals surface area contributed by atoms with Gasteiger partial charge in [-0.15, -0.1) is 0 Å². The summed E-state index contributed by atoms with van der Waals surface area (Å²) in [5.41, 5.74) is 1.81. The molecule has 122 valence electrons. The van der Waals surface area contributed by atoms with E-state index in [1.54, 1.807) is 19.2 Å². The van der Waals surface area contributed by atoms with E-state index in [0.29, 0.717) is 12.1 Å². The van der Waals surface area contributed by atoms with Gasteiger partial charge in [0.15, 0.2) is 0 Å². The summed E-state index contributed by atoms with van der Waals surface area (Å²) in [6.07, 6.45) is 0.225. The van der Waals surface area contributed by atoms with E-state index < -0.39 is 0 Å². The second kappa shape index (κ2) is 7.94. The number of carbonyl (C=O) groups is 2. The molecule has 0 aromatic heterocycles. The van der Waals surface area contributed by atoms with E-state index in [-0.39, 0.29) is 36.8 Å². The average Bonchev–Trinajstić information content (AvgIpc) is 2.46. The Morgan fingerprint density at radius 1 is 1.18 bits per heavy atom. The topological polar surface area (TPSA) is 69.6 Å². The number of aliphatic hydroxyl groups excluding tert-OH is 1. The molecule has 5 heteroatoms. The molecule has 0 aliphatic rings. The van der Waals surface area contributed by atoms with Crippen LogP contribution in [0.4, 0.5) is 0 Å². The lowest BCUT2D eigenvalue weighted by Crippen LogP contribution is -2.33. The predicted molar refractivity (Wildman–Crippen MR) is 86.8 cm³/mol. The van der Waals surface area contributed by atoms with Gasteiger partial charge >= 0.3 is 0 Å². The number of amides is 2. The summed E-state index contributed by atoms with van der Waals surface area (Å²) in [7, 11) is 1.63. The molecule has 0 atom stereocenters. The third-order valence-electron chi connectivity index (χ3n) is 3.50. The van der Waals surface area contributed by atoms with Crippen LogP contribution in [0.25, 0.3) is 0 Å². The molecule has 0 aliphatic carbocycles. The summed E-state index contributed by atoms with van der Waals surface area (Å²) in [5, 5.41) is 11.5. The highest BCUT2D eigenvalue weighted by molar-refractivity contribution is 5.94. The van der Waals surface area contributed by atoms with Gasteiger partial charge in [0.2, 0.25) is 5.91 Å². The van der Waals surface area contributed by atoms with Crippen molar-refractivity contribution >= 4 is 11.8 Å². The zero-order valence-corrected chi connectivity index (χ0v) is 13.8. The summed E-state index contributed by atoms with van der Waals surface area (Å²) in [4.78, 5) is 25.1. The van der Waals surface area contributed by atoms with Gasteiger partial charge < -0.3 is 15.3 Å². The SMILES string of the molecule is CN(CCO)C(=O)CCNC(=O)c1ccc(C(C)(C)C)cc1. The first-order valence-corrected chi connectivity index (χ1v) is 7.49. The van der Waals surface area contributed by atoms with Crippen molar-refractivity contribution in [2.24, 2.45) is 0 Å². The smallest absolute Gasteiger partial charge is 0.251 e. The van der Waals surface area contributed by atoms with Gasteiger partial charge in [-0.25, -0.2) is 0 Å². The molecule has 0 saturated heterocycles. The number of hydrogen-bond acceptors (Lipinski definition) is 3. The second-order valence-electron chi connectivity index (χ2n) is 6.37. The Morgan fingerprint density at radius 2 is 1.77 bits per heavy atom. The summed E-state index contributed by atoms with van der Waals surface area (Å²) in [5.74, 6) is -0.282. The molecular formula is C17H26N2O3. The third-order valence-corrected chi connectivity index (χ3v) is 3.50. The van der Waals surface area contributed by atoms with Gasteiger partial charge in [-0.3, -0.25) is 9.59 Å². The molecule has 2 N–H and O–H groups in total. The van der Waals surface area contributed by atoms with Crippen LogP contribution in [0.1, 0.15) is 43.1 Å². The van der Waals surface area contributed by atoms with Gasteiger partial charge in [-0.1, -0.05) is 32.9 Å². The van der Waals surface area contributed by atoms with Crippen LogP contribution in [0.15, 0.2) is 24.3 Å². The highest BCUT2D eigenvalue weighted by atomic mass is 16.3. The molecule has 0 aliphatic heterocycles. The van der Waals surface area contributed by atoms with Crippen molar-refractivity contribution in [2.45, 2.75) is 32.6 Å². The normalized spacial score (nSPS) is 11.1. The van der Waals surface area contributed by atoms with Crippen molar-refractivity contribution in [3.63, 3.8) is 0 Å². The molecule has 22 heavy (non-hydrogen) atoms. The van der Waals surface area contributed by atoms with E-state index in [4.69, 9.17) is 5.11 Å². The summed E-state index contributed by atoms with van der Waals surface area (Å²) in [6.45, 7) is 6.90. The van der Waals surface area contributed by atoms with Crippen LogP contribution >= 0.6 is 0 Å². The fourth-order valence-corrected chi connectivity index (χ4v) is 1.97. The summed E-state index contributed by atoms with van der Waals surface area (Å²) >= 11 is 0. The zero-order chi connectivity index (χ0) is 16.8. The number of rotatable bonds is 6. The van der Waals surface area contributed by atoms with Crippen LogP contribution < -0.4 is 5.32 Å². The molecule has 1 aromatic carbocycles. The quantitative estimate of drug-likeness (QED) is 0.838. The largest absolute Gasteiger partial charge is 0.395 e. The molecule has 2 amide bonds. The van der Waals surface area contributed by atoms with Crippen molar-refractivity contribution in [1.29, 1.82) is 0 Å². The van der Waals surface area contributed by atoms with E-state index in [9.17, 15) is 9.59 Å². The van der Waals surface area contributed by atoms with E-state index in [2.05, 4.69) is 26.1 Å². The minimum absolute atomic E-state index is 0.0543. The molecule has 0 bridgehead atoms. The summed E-state index contributed by atoms with van der Waals surface area (Å²) in [6, 6.07) is 7.51. The number of likely N-dealkylation sites (N-methyl/N-ethyl adjacent to an activating group) is 1. The van der Waals surface area contributed by atoms with E-state index >= 15 is 0 Å². The molecule has 0 saturated carbocycles. The minimum atomic E-state index is -0.182. The third kappa shape index (κ3) is 5.48.